The van der Waals surface area contributed by atoms with Crippen LogP contribution in [0.1, 0.15) is 37.7 Å². The van der Waals surface area contributed by atoms with Gasteiger partial charge in [-0.1, -0.05) is 25.3 Å². The van der Waals surface area contributed by atoms with E-state index in [1.807, 2.05) is 11.0 Å². The fraction of sp³-hybridized carbons (Fsp3) is 0.611. The lowest BCUT2D eigenvalue weighted by atomic mass is 9.94. The van der Waals surface area contributed by atoms with Crippen LogP contribution in [0.3, 0.4) is 0 Å². The highest BCUT2D eigenvalue weighted by molar-refractivity contribution is 5.90. The van der Waals surface area contributed by atoms with E-state index >= 15 is 0 Å². The second-order valence-corrected chi connectivity index (χ2v) is 6.65. The van der Waals surface area contributed by atoms with Crippen LogP contribution in [0.15, 0.2) is 18.2 Å². The summed E-state index contributed by atoms with van der Waals surface area (Å²) in [6.45, 7) is 1.45. The van der Waals surface area contributed by atoms with Crippen LogP contribution < -0.4 is 10.2 Å². The molecule has 5 heteroatoms. The molecule has 1 fully saturated rings. The number of nitrogens with zero attached hydrogens (tertiary/aromatic N) is 2. The second-order valence-electron chi connectivity index (χ2n) is 6.65. The Morgan fingerprint density at radius 1 is 1.35 bits per heavy atom. The minimum atomic E-state index is -0.0912. The number of amides is 2. The lowest BCUT2D eigenvalue weighted by molar-refractivity contribution is 0.144. The highest BCUT2D eigenvalue weighted by Crippen LogP contribution is 2.30. The van der Waals surface area contributed by atoms with E-state index in [0.717, 1.165) is 31.5 Å². The molecule has 3 rings (SSSR count). The van der Waals surface area contributed by atoms with Crippen molar-refractivity contribution in [3.63, 3.8) is 0 Å². The number of anilines is 2. The molecule has 0 spiro atoms. The Morgan fingerprint density at radius 3 is 2.87 bits per heavy atom. The van der Waals surface area contributed by atoms with Crippen LogP contribution in [0.25, 0.3) is 0 Å². The first-order valence-corrected chi connectivity index (χ1v) is 8.71. The van der Waals surface area contributed by atoms with Gasteiger partial charge in [0.1, 0.15) is 0 Å². The van der Waals surface area contributed by atoms with Gasteiger partial charge in [0.15, 0.2) is 0 Å². The first kappa shape index (κ1) is 16.1. The third-order valence-corrected chi connectivity index (χ3v) is 5.08. The Kier molecular flexibility index (Phi) is 5.06. The first-order valence-electron chi connectivity index (χ1n) is 8.71. The molecule has 0 unspecified atom stereocenters. The molecule has 2 amide bonds. The number of benzene rings is 1. The van der Waals surface area contributed by atoms with Gasteiger partial charge in [-0.25, -0.2) is 4.79 Å². The number of nitrogens with one attached hydrogen (secondary N) is 1. The summed E-state index contributed by atoms with van der Waals surface area (Å²) in [7, 11) is 2.08. The number of fused-ring (bicyclic) bond motifs is 1. The van der Waals surface area contributed by atoms with Crippen molar-refractivity contribution in [1.82, 2.24) is 4.90 Å². The summed E-state index contributed by atoms with van der Waals surface area (Å²) in [6.07, 6.45) is 6.74. The van der Waals surface area contributed by atoms with Crippen LogP contribution in [0, 0.1) is 0 Å². The topological polar surface area (TPSA) is 55.8 Å². The van der Waals surface area contributed by atoms with Gasteiger partial charge in [-0.3, -0.25) is 0 Å². The average Bonchev–Trinajstić information content (AvgIpc) is 2.94. The molecule has 0 aromatic heterocycles. The van der Waals surface area contributed by atoms with Gasteiger partial charge in [-0.2, -0.15) is 0 Å². The molecule has 1 heterocycles. The zero-order valence-electron chi connectivity index (χ0n) is 13.9. The summed E-state index contributed by atoms with van der Waals surface area (Å²) in [4.78, 5) is 16.7. The number of carbonyl (C=O) groups excluding carboxylic acids is 1. The minimum Gasteiger partial charge on any atom is -0.395 e. The first-order chi connectivity index (χ1) is 11.2. The molecule has 0 atom stereocenters. The summed E-state index contributed by atoms with van der Waals surface area (Å²) in [5.74, 6) is 0. The number of hydrogen-bond donors (Lipinski definition) is 2. The molecular formula is C18H27N3O2. The fourth-order valence-corrected chi connectivity index (χ4v) is 3.76. The largest absolute Gasteiger partial charge is 0.395 e. The van der Waals surface area contributed by atoms with Gasteiger partial charge in [0.2, 0.25) is 0 Å². The molecule has 1 aromatic rings. The van der Waals surface area contributed by atoms with E-state index in [1.165, 1.54) is 30.5 Å². The summed E-state index contributed by atoms with van der Waals surface area (Å²) in [5.41, 5.74) is 3.38. The van der Waals surface area contributed by atoms with Crippen molar-refractivity contribution < 1.29 is 9.90 Å². The van der Waals surface area contributed by atoms with E-state index in [0.29, 0.717) is 6.54 Å². The third kappa shape index (κ3) is 3.61. The van der Waals surface area contributed by atoms with Crippen molar-refractivity contribution in [1.29, 1.82) is 0 Å². The molecule has 126 valence electrons. The lowest BCUT2D eigenvalue weighted by Crippen LogP contribution is -2.45. The van der Waals surface area contributed by atoms with Gasteiger partial charge in [0.25, 0.3) is 0 Å². The number of aliphatic hydroxyl groups excluding tert-OH is 1. The number of likely N-dealkylation sites (N-methyl/N-ethyl adjacent to an activating group) is 1. The van der Waals surface area contributed by atoms with E-state index < -0.39 is 0 Å². The van der Waals surface area contributed by atoms with Crippen molar-refractivity contribution in [3.8, 4) is 0 Å². The van der Waals surface area contributed by atoms with Crippen molar-refractivity contribution in [2.24, 2.45) is 0 Å². The Hall–Kier alpha value is -1.75. The van der Waals surface area contributed by atoms with Gasteiger partial charge in [-0.15, -0.1) is 0 Å². The van der Waals surface area contributed by atoms with Crippen molar-refractivity contribution >= 4 is 17.4 Å². The van der Waals surface area contributed by atoms with E-state index in [-0.39, 0.29) is 18.7 Å². The molecule has 23 heavy (non-hydrogen) atoms. The molecule has 2 N–H and O–H groups in total. The monoisotopic (exact) mass is 317 g/mol. The van der Waals surface area contributed by atoms with Crippen molar-refractivity contribution in [3.05, 3.63) is 23.8 Å². The van der Waals surface area contributed by atoms with Gasteiger partial charge in [-0.05, 0) is 37.0 Å². The van der Waals surface area contributed by atoms with E-state index in [2.05, 4.69) is 29.4 Å². The molecular weight excluding hydrogens is 290 g/mol. The quantitative estimate of drug-likeness (QED) is 0.898. The van der Waals surface area contributed by atoms with Crippen LogP contribution in [-0.4, -0.2) is 48.8 Å². The highest BCUT2D eigenvalue weighted by Gasteiger charge is 2.25. The smallest absolute Gasteiger partial charge is 0.322 e. The van der Waals surface area contributed by atoms with Crippen LogP contribution in [-0.2, 0) is 6.42 Å². The summed E-state index contributed by atoms with van der Waals surface area (Å²) >= 11 is 0. The lowest BCUT2D eigenvalue weighted by Gasteiger charge is -2.34. The maximum absolute atomic E-state index is 12.7. The predicted molar refractivity (Wildman–Crippen MR) is 93.1 cm³/mol. The average molecular weight is 317 g/mol. The minimum absolute atomic E-state index is 0.0108. The van der Waals surface area contributed by atoms with E-state index in [1.54, 1.807) is 0 Å². The molecule has 1 aliphatic carbocycles. The van der Waals surface area contributed by atoms with Gasteiger partial charge >= 0.3 is 6.03 Å². The fourth-order valence-electron chi connectivity index (χ4n) is 3.76. The zero-order chi connectivity index (χ0) is 16.2. The van der Waals surface area contributed by atoms with E-state index in [9.17, 15) is 9.90 Å². The third-order valence-electron chi connectivity index (χ3n) is 5.08. The summed E-state index contributed by atoms with van der Waals surface area (Å²) in [5, 5.41) is 12.3. The maximum atomic E-state index is 12.7. The molecule has 0 bridgehead atoms. The number of carbonyl (C=O) groups is 1. The van der Waals surface area contributed by atoms with Gasteiger partial charge in [0.05, 0.1) is 6.61 Å². The molecule has 2 aliphatic rings. The number of hydrogen-bond acceptors (Lipinski definition) is 3. The Morgan fingerprint density at radius 2 is 2.13 bits per heavy atom. The molecule has 1 aliphatic heterocycles. The van der Waals surface area contributed by atoms with Crippen LogP contribution >= 0.6 is 0 Å². The highest BCUT2D eigenvalue weighted by atomic mass is 16.3. The normalized spacial score (nSPS) is 17.9. The van der Waals surface area contributed by atoms with Crippen molar-refractivity contribution in [2.45, 2.75) is 44.6 Å². The summed E-state index contributed by atoms with van der Waals surface area (Å²) in [6, 6.07) is 6.30. The Labute approximate surface area is 138 Å². The SMILES string of the molecule is CN1CCc2ccc(NC(=O)N(CCO)C3CCCCC3)cc21. The molecule has 0 radical (unpaired) electrons. The Balaban J connectivity index is 1.70. The Bertz CT molecular complexity index is 555. The van der Waals surface area contributed by atoms with Crippen LogP contribution in [0.5, 0.6) is 0 Å². The summed E-state index contributed by atoms with van der Waals surface area (Å²) < 4.78 is 0. The second kappa shape index (κ2) is 7.21. The van der Waals surface area contributed by atoms with E-state index in [4.69, 9.17) is 0 Å². The number of aliphatic hydroxyl groups is 1. The molecule has 0 saturated heterocycles. The molecule has 1 aromatic carbocycles. The predicted octanol–water partition coefficient (Wildman–Crippen LogP) is 2.84. The van der Waals surface area contributed by atoms with Gasteiger partial charge < -0.3 is 20.2 Å². The standard InChI is InChI=1S/C18H27N3O2/c1-20-10-9-14-7-8-15(13-17(14)20)19-18(23)21(11-12-22)16-5-3-2-4-6-16/h7-8,13,16,22H,2-6,9-12H2,1H3,(H,19,23). The maximum Gasteiger partial charge on any atom is 0.322 e. The molecule has 5 nitrogen and oxygen atoms in total. The van der Waals surface area contributed by atoms with Gasteiger partial charge in [0, 0.05) is 37.6 Å². The molecule has 1 saturated carbocycles. The van der Waals surface area contributed by atoms with Crippen LogP contribution in [0.2, 0.25) is 0 Å². The van der Waals surface area contributed by atoms with Crippen LogP contribution in [0.4, 0.5) is 16.2 Å². The van der Waals surface area contributed by atoms with Crippen molar-refractivity contribution in [2.75, 3.05) is 37.0 Å². The zero-order valence-corrected chi connectivity index (χ0v) is 13.9. The number of urea groups is 1. The number of rotatable bonds is 4.